The van der Waals surface area contributed by atoms with E-state index in [1.165, 1.54) is 23.5 Å². The lowest BCUT2D eigenvalue weighted by Gasteiger charge is -2.10. The second-order valence-corrected chi connectivity index (χ2v) is 8.28. The molecule has 0 atom stereocenters. The Morgan fingerprint density at radius 1 is 1.24 bits per heavy atom. The van der Waals surface area contributed by atoms with Crippen LogP contribution in [0.15, 0.2) is 16.5 Å². The van der Waals surface area contributed by atoms with Crippen LogP contribution in [0.1, 0.15) is 43.5 Å². The standard InChI is InChI=1S/C16H19Cl2N3O2S2/c1-3-5-7-24-16-21-20-15(25-16)19-14(22)10-8-11(17)13(12(18)9-10)23-6-4-2/h8-9H,3-7H2,1-2H3,(H,19,20,22). The van der Waals surface area contributed by atoms with Crippen molar-refractivity contribution in [2.45, 2.75) is 37.4 Å². The molecule has 0 aliphatic carbocycles. The third kappa shape index (κ3) is 6.02. The number of carbonyl (C=O) groups is 1. The number of nitrogens with zero attached hydrogens (tertiary/aromatic N) is 2. The molecule has 5 nitrogen and oxygen atoms in total. The maximum atomic E-state index is 12.4. The highest BCUT2D eigenvalue weighted by molar-refractivity contribution is 8.01. The lowest BCUT2D eigenvalue weighted by molar-refractivity contribution is 0.102. The predicted octanol–water partition coefficient (Wildman–Crippen LogP) is 5.78. The third-order valence-corrected chi connectivity index (χ3v) is 5.68. The van der Waals surface area contributed by atoms with Crippen LogP contribution in [0, 0.1) is 0 Å². The Morgan fingerprint density at radius 3 is 2.60 bits per heavy atom. The van der Waals surface area contributed by atoms with Crippen molar-refractivity contribution in [2.75, 3.05) is 17.7 Å². The van der Waals surface area contributed by atoms with Gasteiger partial charge >= 0.3 is 0 Å². The minimum atomic E-state index is -0.341. The number of ether oxygens (including phenoxy) is 1. The molecule has 1 aromatic heterocycles. The van der Waals surface area contributed by atoms with Gasteiger partial charge in [0.2, 0.25) is 5.13 Å². The molecule has 1 N–H and O–H groups in total. The van der Waals surface area contributed by atoms with Crippen molar-refractivity contribution in [1.29, 1.82) is 0 Å². The van der Waals surface area contributed by atoms with Crippen molar-refractivity contribution < 1.29 is 9.53 Å². The fourth-order valence-electron chi connectivity index (χ4n) is 1.82. The minimum absolute atomic E-state index is 0.305. The summed E-state index contributed by atoms with van der Waals surface area (Å²) in [6, 6.07) is 3.07. The zero-order valence-electron chi connectivity index (χ0n) is 14.0. The van der Waals surface area contributed by atoms with Crippen LogP contribution in [0.5, 0.6) is 5.75 Å². The van der Waals surface area contributed by atoms with E-state index < -0.39 is 0 Å². The predicted molar refractivity (Wildman–Crippen MR) is 106 cm³/mol. The molecule has 1 heterocycles. The van der Waals surface area contributed by atoms with Gasteiger partial charge in [-0.25, -0.2) is 0 Å². The number of carbonyl (C=O) groups excluding carboxylic acids is 1. The average Bonchev–Trinajstić information content (AvgIpc) is 3.01. The highest BCUT2D eigenvalue weighted by Gasteiger charge is 2.16. The fraction of sp³-hybridized carbons (Fsp3) is 0.438. The highest BCUT2D eigenvalue weighted by Crippen LogP contribution is 2.35. The first kappa shape index (κ1) is 20.3. The third-order valence-electron chi connectivity index (χ3n) is 3.06. The number of benzene rings is 1. The molecular formula is C16H19Cl2N3O2S2. The summed E-state index contributed by atoms with van der Waals surface area (Å²) in [5.41, 5.74) is 0.342. The van der Waals surface area contributed by atoms with Crippen LogP contribution in [-0.2, 0) is 0 Å². The van der Waals surface area contributed by atoms with Crippen LogP contribution in [0.4, 0.5) is 5.13 Å². The SMILES string of the molecule is CCCCSc1nnc(NC(=O)c2cc(Cl)c(OCCC)c(Cl)c2)s1. The quantitative estimate of drug-likeness (QED) is 0.317. The van der Waals surface area contributed by atoms with E-state index in [2.05, 4.69) is 22.4 Å². The molecule has 0 fully saturated rings. The van der Waals surface area contributed by atoms with Crippen molar-refractivity contribution in [3.63, 3.8) is 0 Å². The number of halogens is 2. The molecule has 0 bridgehead atoms. The van der Waals surface area contributed by atoms with Crippen LogP contribution < -0.4 is 10.1 Å². The molecule has 1 aromatic carbocycles. The monoisotopic (exact) mass is 419 g/mol. The first-order chi connectivity index (χ1) is 12.0. The lowest BCUT2D eigenvalue weighted by Crippen LogP contribution is -2.12. The number of hydrogen-bond donors (Lipinski definition) is 1. The number of amides is 1. The van der Waals surface area contributed by atoms with Gasteiger partial charge in [0.1, 0.15) is 0 Å². The summed E-state index contributed by atoms with van der Waals surface area (Å²) in [6.07, 6.45) is 3.09. The summed E-state index contributed by atoms with van der Waals surface area (Å²) >= 11 is 15.3. The molecule has 0 spiro atoms. The van der Waals surface area contributed by atoms with E-state index in [4.69, 9.17) is 27.9 Å². The van der Waals surface area contributed by atoms with Crippen molar-refractivity contribution in [3.05, 3.63) is 27.7 Å². The number of nitrogens with one attached hydrogen (secondary N) is 1. The Balaban J connectivity index is 2.03. The van der Waals surface area contributed by atoms with Gasteiger partial charge < -0.3 is 4.74 Å². The summed E-state index contributed by atoms with van der Waals surface area (Å²) in [5.74, 6) is 1.04. The summed E-state index contributed by atoms with van der Waals surface area (Å²) in [5, 5.41) is 11.8. The molecule has 0 radical (unpaired) electrons. The summed E-state index contributed by atoms with van der Waals surface area (Å²) < 4.78 is 6.34. The Kier molecular flexibility index (Phi) is 8.29. The van der Waals surface area contributed by atoms with Crippen molar-refractivity contribution in [2.24, 2.45) is 0 Å². The molecule has 0 unspecified atom stereocenters. The lowest BCUT2D eigenvalue weighted by atomic mass is 10.2. The molecule has 2 rings (SSSR count). The molecule has 0 saturated carbocycles. The second-order valence-electron chi connectivity index (χ2n) is 5.15. The van der Waals surface area contributed by atoms with Crippen molar-refractivity contribution >= 4 is 57.3 Å². The molecule has 9 heteroatoms. The Labute approximate surface area is 165 Å². The van der Waals surface area contributed by atoms with Gasteiger partial charge in [-0.05, 0) is 25.0 Å². The van der Waals surface area contributed by atoms with Crippen LogP contribution in [0.25, 0.3) is 0 Å². The van der Waals surface area contributed by atoms with Crippen LogP contribution in [-0.4, -0.2) is 28.5 Å². The first-order valence-electron chi connectivity index (χ1n) is 7.94. The molecule has 25 heavy (non-hydrogen) atoms. The number of rotatable bonds is 9. The van der Waals surface area contributed by atoms with Crippen molar-refractivity contribution in [1.82, 2.24) is 10.2 Å². The molecule has 2 aromatic rings. The van der Waals surface area contributed by atoms with Gasteiger partial charge in [-0.3, -0.25) is 10.1 Å². The van der Waals surface area contributed by atoms with Crippen LogP contribution >= 0.6 is 46.3 Å². The fourth-order valence-corrected chi connectivity index (χ4v) is 4.32. The van der Waals surface area contributed by atoms with Gasteiger partial charge in [-0.2, -0.15) is 0 Å². The van der Waals surface area contributed by atoms with E-state index in [1.807, 2.05) is 6.92 Å². The van der Waals surface area contributed by atoms with Crippen LogP contribution in [0.2, 0.25) is 10.0 Å². The number of thioether (sulfide) groups is 1. The molecule has 136 valence electrons. The molecule has 0 saturated heterocycles. The largest absolute Gasteiger partial charge is 0.490 e. The molecule has 1 amide bonds. The topological polar surface area (TPSA) is 64.1 Å². The smallest absolute Gasteiger partial charge is 0.257 e. The van der Waals surface area contributed by atoms with E-state index in [-0.39, 0.29) is 5.91 Å². The Hall–Kier alpha value is -1.02. The molecular weight excluding hydrogens is 401 g/mol. The summed E-state index contributed by atoms with van der Waals surface area (Å²) in [7, 11) is 0. The first-order valence-corrected chi connectivity index (χ1v) is 10.5. The summed E-state index contributed by atoms with van der Waals surface area (Å²) in [6.45, 7) is 4.63. The van der Waals surface area contributed by atoms with E-state index >= 15 is 0 Å². The number of anilines is 1. The molecule has 0 aliphatic heterocycles. The zero-order chi connectivity index (χ0) is 18.2. The minimum Gasteiger partial charge on any atom is -0.490 e. The Bertz CT molecular complexity index is 702. The van der Waals surface area contributed by atoms with Gasteiger partial charge in [-0.15, -0.1) is 10.2 Å². The molecule has 0 aliphatic rings. The zero-order valence-corrected chi connectivity index (χ0v) is 17.1. The average molecular weight is 420 g/mol. The maximum Gasteiger partial charge on any atom is 0.257 e. The van der Waals surface area contributed by atoms with E-state index in [9.17, 15) is 4.79 Å². The van der Waals surface area contributed by atoms with E-state index in [0.717, 1.165) is 29.4 Å². The van der Waals surface area contributed by atoms with Gasteiger partial charge in [0, 0.05) is 11.3 Å². The van der Waals surface area contributed by atoms with Crippen LogP contribution in [0.3, 0.4) is 0 Å². The van der Waals surface area contributed by atoms with Gasteiger partial charge in [0.25, 0.3) is 5.91 Å². The number of hydrogen-bond acceptors (Lipinski definition) is 6. The van der Waals surface area contributed by atoms with Gasteiger partial charge in [0.05, 0.1) is 16.7 Å². The van der Waals surface area contributed by atoms with E-state index in [1.54, 1.807) is 11.8 Å². The number of aromatic nitrogens is 2. The Morgan fingerprint density at radius 2 is 1.96 bits per heavy atom. The second kappa shape index (κ2) is 10.2. The normalized spacial score (nSPS) is 10.7. The van der Waals surface area contributed by atoms with Gasteiger partial charge in [-0.1, -0.05) is 66.6 Å². The van der Waals surface area contributed by atoms with E-state index in [0.29, 0.717) is 33.1 Å². The van der Waals surface area contributed by atoms with Crippen molar-refractivity contribution in [3.8, 4) is 5.75 Å². The highest BCUT2D eigenvalue weighted by atomic mass is 35.5. The number of unbranched alkanes of at least 4 members (excludes halogenated alkanes) is 1. The van der Waals surface area contributed by atoms with Gasteiger partial charge in [0.15, 0.2) is 10.1 Å². The summed E-state index contributed by atoms with van der Waals surface area (Å²) in [4.78, 5) is 12.4. The maximum absolute atomic E-state index is 12.4.